The minimum absolute atomic E-state index is 0.759. The summed E-state index contributed by atoms with van der Waals surface area (Å²) in [6, 6.07) is 0. The van der Waals surface area contributed by atoms with Crippen molar-refractivity contribution >= 4 is 0 Å². The summed E-state index contributed by atoms with van der Waals surface area (Å²) in [4.78, 5) is 0. The van der Waals surface area contributed by atoms with Crippen LogP contribution in [0.25, 0.3) is 0 Å². The average Bonchev–Trinajstić information content (AvgIpc) is 2.28. The van der Waals surface area contributed by atoms with Crippen LogP contribution in [0.4, 0.5) is 0 Å². The standard InChI is InChI=1S/C10H19N/c1-8(2)9-3-4-10(5-9)6-11-7-10/h8-9,11H,3-7H2,1-2H3. The lowest BCUT2D eigenvalue weighted by molar-refractivity contribution is 0.164. The van der Waals surface area contributed by atoms with E-state index in [1.807, 2.05) is 0 Å². The lowest BCUT2D eigenvalue weighted by Gasteiger charge is -2.39. The van der Waals surface area contributed by atoms with Crippen molar-refractivity contribution in [2.24, 2.45) is 17.3 Å². The van der Waals surface area contributed by atoms with Gasteiger partial charge in [-0.3, -0.25) is 0 Å². The molecular weight excluding hydrogens is 134 g/mol. The van der Waals surface area contributed by atoms with E-state index in [4.69, 9.17) is 0 Å². The maximum Gasteiger partial charge on any atom is 0.00203 e. The van der Waals surface area contributed by atoms with Crippen molar-refractivity contribution in [2.75, 3.05) is 13.1 Å². The van der Waals surface area contributed by atoms with Crippen LogP contribution < -0.4 is 5.32 Å². The second kappa shape index (κ2) is 2.48. The van der Waals surface area contributed by atoms with E-state index < -0.39 is 0 Å². The summed E-state index contributed by atoms with van der Waals surface area (Å²) in [7, 11) is 0. The molecule has 1 heteroatoms. The third-order valence-electron chi connectivity index (χ3n) is 3.68. The molecule has 1 saturated carbocycles. The van der Waals surface area contributed by atoms with Gasteiger partial charge in [-0.15, -0.1) is 0 Å². The van der Waals surface area contributed by atoms with Crippen molar-refractivity contribution in [1.29, 1.82) is 0 Å². The van der Waals surface area contributed by atoms with Crippen molar-refractivity contribution < 1.29 is 0 Å². The molecule has 11 heavy (non-hydrogen) atoms. The molecule has 2 rings (SSSR count). The second-order valence-corrected chi connectivity index (χ2v) is 4.85. The number of hydrogen-bond donors (Lipinski definition) is 1. The highest BCUT2D eigenvalue weighted by Gasteiger charge is 2.43. The molecule has 0 aromatic rings. The lowest BCUT2D eigenvalue weighted by Crippen LogP contribution is -2.51. The Hall–Kier alpha value is -0.0400. The highest BCUT2D eigenvalue weighted by Crippen LogP contribution is 2.46. The van der Waals surface area contributed by atoms with E-state index in [0.29, 0.717) is 0 Å². The Morgan fingerprint density at radius 3 is 2.36 bits per heavy atom. The third kappa shape index (κ3) is 1.20. The Morgan fingerprint density at radius 1 is 1.36 bits per heavy atom. The predicted octanol–water partition coefficient (Wildman–Crippen LogP) is 2.03. The Balaban J connectivity index is 1.93. The van der Waals surface area contributed by atoms with Gasteiger partial charge in [-0.25, -0.2) is 0 Å². The van der Waals surface area contributed by atoms with Gasteiger partial charge in [0.05, 0.1) is 0 Å². The first-order chi connectivity index (χ1) is 5.22. The van der Waals surface area contributed by atoms with E-state index in [1.54, 1.807) is 0 Å². The minimum Gasteiger partial charge on any atom is -0.316 e. The summed E-state index contributed by atoms with van der Waals surface area (Å²) < 4.78 is 0. The smallest absolute Gasteiger partial charge is 0.00203 e. The molecule has 1 nitrogen and oxygen atoms in total. The van der Waals surface area contributed by atoms with Crippen LogP contribution in [0.2, 0.25) is 0 Å². The zero-order valence-corrected chi connectivity index (χ0v) is 7.69. The van der Waals surface area contributed by atoms with Gasteiger partial charge in [0.1, 0.15) is 0 Å². The molecule has 1 aliphatic carbocycles. The summed E-state index contributed by atoms with van der Waals surface area (Å²) in [5, 5.41) is 3.40. The highest BCUT2D eigenvalue weighted by molar-refractivity contribution is 4.98. The molecule has 1 heterocycles. The molecule has 0 aromatic carbocycles. The first kappa shape index (κ1) is 7.60. The lowest BCUT2D eigenvalue weighted by atomic mass is 9.78. The monoisotopic (exact) mass is 153 g/mol. The van der Waals surface area contributed by atoms with E-state index in [9.17, 15) is 0 Å². The van der Waals surface area contributed by atoms with Gasteiger partial charge >= 0.3 is 0 Å². The minimum atomic E-state index is 0.759. The summed E-state index contributed by atoms with van der Waals surface area (Å²) in [5.41, 5.74) is 0.759. The van der Waals surface area contributed by atoms with Crippen molar-refractivity contribution in [3.05, 3.63) is 0 Å². The summed E-state index contributed by atoms with van der Waals surface area (Å²) in [6.45, 7) is 7.35. The van der Waals surface area contributed by atoms with E-state index in [2.05, 4.69) is 19.2 Å². The summed E-state index contributed by atoms with van der Waals surface area (Å²) in [6.07, 6.45) is 4.47. The molecule has 0 bridgehead atoms. The molecule has 0 radical (unpaired) electrons. The molecule has 1 unspecified atom stereocenters. The van der Waals surface area contributed by atoms with Gasteiger partial charge in [0.2, 0.25) is 0 Å². The zero-order chi connectivity index (χ0) is 7.90. The average molecular weight is 153 g/mol. The van der Waals surface area contributed by atoms with Gasteiger partial charge in [-0.1, -0.05) is 13.8 Å². The first-order valence-corrected chi connectivity index (χ1v) is 4.93. The molecule has 1 N–H and O–H groups in total. The van der Waals surface area contributed by atoms with Gasteiger partial charge in [-0.05, 0) is 36.5 Å². The number of rotatable bonds is 1. The fraction of sp³-hybridized carbons (Fsp3) is 1.00. The highest BCUT2D eigenvalue weighted by atomic mass is 15.0. The normalized spacial score (nSPS) is 34.6. The molecule has 1 aliphatic heterocycles. The van der Waals surface area contributed by atoms with Crippen molar-refractivity contribution in [2.45, 2.75) is 33.1 Å². The van der Waals surface area contributed by atoms with Crippen LogP contribution in [0, 0.1) is 17.3 Å². The fourth-order valence-corrected chi connectivity index (χ4v) is 2.62. The molecule has 1 atom stereocenters. The molecular formula is C10H19N. The zero-order valence-electron chi connectivity index (χ0n) is 7.69. The molecule has 0 aromatic heterocycles. The largest absolute Gasteiger partial charge is 0.316 e. The van der Waals surface area contributed by atoms with Gasteiger partial charge < -0.3 is 5.32 Å². The van der Waals surface area contributed by atoms with E-state index in [-0.39, 0.29) is 0 Å². The summed E-state index contributed by atoms with van der Waals surface area (Å²) in [5.74, 6) is 1.94. The van der Waals surface area contributed by atoms with Gasteiger partial charge in [-0.2, -0.15) is 0 Å². The van der Waals surface area contributed by atoms with Crippen LogP contribution in [-0.4, -0.2) is 13.1 Å². The van der Waals surface area contributed by atoms with Gasteiger partial charge in [0.25, 0.3) is 0 Å². The Labute approximate surface area is 69.6 Å². The number of hydrogen-bond acceptors (Lipinski definition) is 1. The molecule has 2 fully saturated rings. The summed E-state index contributed by atoms with van der Waals surface area (Å²) >= 11 is 0. The van der Waals surface area contributed by atoms with Gasteiger partial charge in [0, 0.05) is 13.1 Å². The molecule has 0 amide bonds. The van der Waals surface area contributed by atoms with E-state index in [1.165, 1.54) is 32.4 Å². The topological polar surface area (TPSA) is 12.0 Å². The van der Waals surface area contributed by atoms with Crippen LogP contribution in [0.1, 0.15) is 33.1 Å². The third-order valence-corrected chi connectivity index (χ3v) is 3.68. The maximum atomic E-state index is 3.40. The second-order valence-electron chi connectivity index (χ2n) is 4.85. The van der Waals surface area contributed by atoms with Crippen LogP contribution >= 0.6 is 0 Å². The predicted molar refractivity (Wildman–Crippen MR) is 47.5 cm³/mol. The molecule has 1 saturated heterocycles. The van der Waals surface area contributed by atoms with Crippen LogP contribution in [0.15, 0.2) is 0 Å². The van der Waals surface area contributed by atoms with Crippen LogP contribution in [0.5, 0.6) is 0 Å². The Kier molecular flexibility index (Phi) is 1.71. The van der Waals surface area contributed by atoms with Crippen molar-refractivity contribution in [3.63, 3.8) is 0 Å². The van der Waals surface area contributed by atoms with Crippen molar-refractivity contribution in [1.82, 2.24) is 5.32 Å². The fourth-order valence-electron chi connectivity index (χ4n) is 2.62. The quantitative estimate of drug-likeness (QED) is 0.608. The first-order valence-electron chi connectivity index (χ1n) is 4.93. The molecule has 64 valence electrons. The van der Waals surface area contributed by atoms with Gasteiger partial charge in [0.15, 0.2) is 0 Å². The van der Waals surface area contributed by atoms with E-state index in [0.717, 1.165) is 17.3 Å². The SMILES string of the molecule is CC(C)C1CCC2(CNC2)C1. The van der Waals surface area contributed by atoms with Crippen LogP contribution in [0.3, 0.4) is 0 Å². The maximum absolute atomic E-state index is 3.40. The van der Waals surface area contributed by atoms with Crippen molar-refractivity contribution in [3.8, 4) is 0 Å². The molecule has 2 aliphatic rings. The van der Waals surface area contributed by atoms with Crippen LogP contribution in [-0.2, 0) is 0 Å². The Bertz CT molecular complexity index is 147. The molecule has 1 spiro atoms. The Morgan fingerprint density at radius 2 is 2.09 bits per heavy atom. The number of nitrogens with one attached hydrogen (secondary N) is 1. The van der Waals surface area contributed by atoms with E-state index >= 15 is 0 Å².